The number of rotatable bonds is 4. The zero-order chi connectivity index (χ0) is 12.3. The first-order valence-electron chi connectivity index (χ1n) is 5.56. The third-order valence-electron chi connectivity index (χ3n) is 2.89. The summed E-state index contributed by atoms with van der Waals surface area (Å²) in [6.07, 6.45) is 1.02. The van der Waals surface area contributed by atoms with Gasteiger partial charge >= 0.3 is 0 Å². The molecule has 0 amide bonds. The number of halogens is 2. The fourth-order valence-corrected chi connectivity index (χ4v) is 3.84. The van der Waals surface area contributed by atoms with Crippen molar-refractivity contribution in [2.45, 2.75) is 19.3 Å². The first-order valence-corrected chi connectivity index (χ1v) is 7.71. The summed E-state index contributed by atoms with van der Waals surface area (Å²) in [4.78, 5) is 1.38. The Kier molecular flexibility index (Phi) is 4.66. The van der Waals surface area contributed by atoms with Crippen LogP contribution in [0.25, 0.3) is 0 Å². The molecule has 17 heavy (non-hydrogen) atoms. The van der Waals surface area contributed by atoms with Crippen LogP contribution < -0.4 is 0 Å². The van der Waals surface area contributed by atoms with Crippen LogP contribution in [0, 0.1) is 6.92 Å². The molecule has 0 spiro atoms. The highest BCUT2D eigenvalue weighted by atomic mass is 79.9. The summed E-state index contributed by atoms with van der Waals surface area (Å²) in [5.74, 6) is 1.07. The summed E-state index contributed by atoms with van der Waals surface area (Å²) in [7, 11) is 0. The molecule has 90 valence electrons. The van der Waals surface area contributed by atoms with Crippen LogP contribution in [0.1, 0.15) is 21.9 Å². The fraction of sp³-hybridized carbons (Fsp3) is 0.286. The van der Waals surface area contributed by atoms with E-state index in [2.05, 4.69) is 59.3 Å². The standard InChI is InChI=1S/C14H14BrClS/c1-10-4-2-3-5-13(10)11(9-16)8-12-6-7-14(15)17-12/h2-7,11H,8-9H2,1H3. The highest BCUT2D eigenvalue weighted by Gasteiger charge is 2.14. The van der Waals surface area contributed by atoms with Gasteiger partial charge in [-0.3, -0.25) is 0 Å². The third kappa shape index (κ3) is 3.34. The molecular weight excluding hydrogens is 316 g/mol. The molecule has 0 bridgehead atoms. The predicted molar refractivity (Wildman–Crippen MR) is 80.4 cm³/mol. The second-order valence-corrected chi connectivity index (χ2v) is 6.97. The van der Waals surface area contributed by atoms with Crippen molar-refractivity contribution in [1.82, 2.24) is 0 Å². The van der Waals surface area contributed by atoms with Gasteiger partial charge in [0.25, 0.3) is 0 Å². The maximum Gasteiger partial charge on any atom is 0.0701 e. The first kappa shape index (κ1) is 13.1. The summed E-state index contributed by atoms with van der Waals surface area (Å²) in [5, 5.41) is 0. The van der Waals surface area contributed by atoms with E-state index in [1.807, 2.05) is 0 Å². The van der Waals surface area contributed by atoms with Crippen LogP contribution in [0.15, 0.2) is 40.2 Å². The second-order valence-electron chi connectivity index (χ2n) is 4.12. The molecule has 1 aromatic heterocycles. The molecule has 0 aliphatic rings. The van der Waals surface area contributed by atoms with Gasteiger partial charge in [0.2, 0.25) is 0 Å². The molecule has 1 atom stereocenters. The average molecular weight is 330 g/mol. The average Bonchev–Trinajstić information content (AvgIpc) is 2.73. The van der Waals surface area contributed by atoms with Gasteiger partial charge < -0.3 is 0 Å². The molecule has 0 aliphatic heterocycles. The highest BCUT2D eigenvalue weighted by Crippen LogP contribution is 2.30. The van der Waals surface area contributed by atoms with E-state index in [0.717, 1.165) is 6.42 Å². The Morgan fingerprint density at radius 2 is 2.00 bits per heavy atom. The van der Waals surface area contributed by atoms with Gasteiger partial charge in [0.15, 0.2) is 0 Å². The molecule has 1 aromatic carbocycles. The SMILES string of the molecule is Cc1ccccc1C(CCl)Cc1ccc(Br)s1. The summed E-state index contributed by atoms with van der Waals surface area (Å²) < 4.78 is 1.19. The van der Waals surface area contributed by atoms with Crippen LogP contribution in [0.4, 0.5) is 0 Å². The molecule has 0 saturated heterocycles. The zero-order valence-corrected chi connectivity index (χ0v) is 12.8. The monoisotopic (exact) mass is 328 g/mol. The molecule has 0 fully saturated rings. The fourth-order valence-electron chi connectivity index (χ4n) is 2.00. The van der Waals surface area contributed by atoms with E-state index in [1.165, 1.54) is 19.8 Å². The van der Waals surface area contributed by atoms with E-state index in [-0.39, 0.29) is 0 Å². The van der Waals surface area contributed by atoms with Crippen LogP contribution in [0.2, 0.25) is 0 Å². The molecule has 1 heterocycles. The van der Waals surface area contributed by atoms with Crippen molar-refractivity contribution in [3.63, 3.8) is 0 Å². The van der Waals surface area contributed by atoms with Gasteiger partial charge in [0, 0.05) is 16.7 Å². The third-order valence-corrected chi connectivity index (χ3v) is 4.91. The quantitative estimate of drug-likeness (QED) is 0.660. The molecule has 0 N–H and O–H groups in total. The van der Waals surface area contributed by atoms with E-state index in [9.17, 15) is 0 Å². The lowest BCUT2D eigenvalue weighted by Gasteiger charge is -2.15. The Balaban J connectivity index is 2.20. The molecular formula is C14H14BrClS. The van der Waals surface area contributed by atoms with Gasteiger partial charge in [-0.1, -0.05) is 24.3 Å². The van der Waals surface area contributed by atoms with Gasteiger partial charge in [-0.2, -0.15) is 0 Å². The molecule has 0 nitrogen and oxygen atoms in total. The molecule has 0 radical (unpaired) electrons. The molecule has 2 rings (SSSR count). The number of aryl methyl sites for hydroxylation is 1. The van der Waals surface area contributed by atoms with Crippen LogP contribution >= 0.6 is 38.9 Å². The van der Waals surface area contributed by atoms with Crippen molar-refractivity contribution in [3.8, 4) is 0 Å². The van der Waals surface area contributed by atoms with Crippen molar-refractivity contribution in [2.75, 3.05) is 5.88 Å². The topological polar surface area (TPSA) is 0 Å². The lowest BCUT2D eigenvalue weighted by molar-refractivity contribution is 0.769. The minimum Gasteiger partial charge on any atom is -0.133 e. The second kappa shape index (κ2) is 6.03. The van der Waals surface area contributed by atoms with E-state index in [0.29, 0.717) is 11.8 Å². The highest BCUT2D eigenvalue weighted by molar-refractivity contribution is 9.11. The Labute approximate surface area is 120 Å². The number of hydrogen-bond acceptors (Lipinski definition) is 1. The zero-order valence-electron chi connectivity index (χ0n) is 9.62. The lowest BCUT2D eigenvalue weighted by Crippen LogP contribution is -2.05. The summed E-state index contributed by atoms with van der Waals surface area (Å²) in [6.45, 7) is 2.15. The molecule has 0 aliphatic carbocycles. The van der Waals surface area contributed by atoms with Crippen molar-refractivity contribution in [2.24, 2.45) is 0 Å². The largest absolute Gasteiger partial charge is 0.133 e. The van der Waals surface area contributed by atoms with Crippen LogP contribution in [0.5, 0.6) is 0 Å². The van der Waals surface area contributed by atoms with E-state index < -0.39 is 0 Å². The Hall–Kier alpha value is -0.310. The van der Waals surface area contributed by atoms with Crippen LogP contribution in [0.3, 0.4) is 0 Å². The van der Waals surface area contributed by atoms with Gasteiger partial charge in [-0.05, 0) is 52.5 Å². The maximum absolute atomic E-state index is 6.12. The van der Waals surface area contributed by atoms with E-state index in [4.69, 9.17) is 11.6 Å². The Morgan fingerprint density at radius 3 is 2.59 bits per heavy atom. The van der Waals surface area contributed by atoms with E-state index in [1.54, 1.807) is 11.3 Å². The van der Waals surface area contributed by atoms with Crippen molar-refractivity contribution >= 4 is 38.9 Å². The molecule has 1 unspecified atom stereocenters. The van der Waals surface area contributed by atoms with E-state index >= 15 is 0 Å². The summed E-state index contributed by atoms with van der Waals surface area (Å²) >= 11 is 11.4. The minimum absolute atomic E-state index is 0.406. The Bertz CT molecular complexity index is 492. The van der Waals surface area contributed by atoms with Gasteiger partial charge in [0.05, 0.1) is 3.79 Å². The molecule has 0 saturated carbocycles. The minimum atomic E-state index is 0.406. The Morgan fingerprint density at radius 1 is 1.24 bits per heavy atom. The van der Waals surface area contributed by atoms with Gasteiger partial charge in [-0.25, -0.2) is 0 Å². The van der Waals surface area contributed by atoms with Crippen molar-refractivity contribution < 1.29 is 0 Å². The number of benzene rings is 1. The number of hydrogen-bond donors (Lipinski definition) is 0. The van der Waals surface area contributed by atoms with Gasteiger partial charge in [-0.15, -0.1) is 22.9 Å². The summed E-state index contributed by atoms with van der Waals surface area (Å²) in [5.41, 5.74) is 2.70. The lowest BCUT2D eigenvalue weighted by atomic mass is 9.93. The maximum atomic E-state index is 6.12. The van der Waals surface area contributed by atoms with Crippen LogP contribution in [-0.2, 0) is 6.42 Å². The van der Waals surface area contributed by atoms with Crippen molar-refractivity contribution in [1.29, 1.82) is 0 Å². The smallest absolute Gasteiger partial charge is 0.0701 e. The summed E-state index contributed by atoms with van der Waals surface area (Å²) in [6, 6.07) is 12.8. The molecule has 3 heteroatoms. The normalized spacial score (nSPS) is 12.6. The van der Waals surface area contributed by atoms with Crippen LogP contribution in [-0.4, -0.2) is 5.88 Å². The number of alkyl halides is 1. The predicted octanol–water partition coefficient (Wildman–Crippen LogP) is 5.38. The van der Waals surface area contributed by atoms with Gasteiger partial charge in [0.1, 0.15) is 0 Å². The first-order chi connectivity index (χ1) is 8.20. The van der Waals surface area contributed by atoms with Crippen molar-refractivity contribution in [3.05, 3.63) is 56.2 Å². The molecule has 2 aromatic rings. The number of thiophene rings is 1.